The molecule has 2 aromatic rings. The van der Waals surface area contributed by atoms with Crippen LogP contribution in [0.3, 0.4) is 0 Å². The van der Waals surface area contributed by atoms with Crippen LogP contribution in [0.4, 0.5) is 10.5 Å². The molecular formula is C21H26N4O4. The zero-order chi connectivity index (χ0) is 20.8. The molecule has 1 aromatic carbocycles. The summed E-state index contributed by atoms with van der Waals surface area (Å²) < 4.78 is 0. The largest absolute Gasteiger partial charge is 0.391 e. The molecule has 2 atom stereocenters. The Morgan fingerprint density at radius 1 is 1.03 bits per heavy atom. The first-order chi connectivity index (χ1) is 14.0. The molecule has 3 rings (SSSR count). The molecule has 1 aliphatic rings. The molecule has 0 bridgehead atoms. The second-order valence-electron chi connectivity index (χ2n) is 7.05. The van der Waals surface area contributed by atoms with Crippen molar-refractivity contribution < 1.29 is 19.8 Å². The number of pyridine rings is 1. The SMILES string of the molecule is C[C@H](O)[C@@H](NC(=O)N1CCN(c2ccc(-c3ccncc3)cc2)CC1)C(=O)CO. The molecule has 1 aliphatic heterocycles. The molecule has 0 radical (unpaired) electrons. The van der Waals surface area contributed by atoms with Crippen LogP contribution in [0.5, 0.6) is 0 Å². The first kappa shape index (κ1) is 20.8. The molecule has 0 saturated carbocycles. The Balaban J connectivity index is 1.56. The van der Waals surface area contributed by atoms with E-state index in [2.05, 4.69) is 39.5 Å². The minimum Gasteiger partial charge on any atom is -0.391 e. The molecule has 0 unspecified atom stereocenters. The summed E-state index contributed by atoms with van der Waals surface area (Å²) in [7, 11) is 0. The number of piperazine rings is 1. The normalized spacial score (nSPS) is 16.2. The number of Topliss-reactive ketones (excluding diaryl/α,β-unsaturated/α-hetero) is 1. The smallest absolute Gasteiger partial charge is 0.318 e. The van der Waals surface area contributed by atoms with Gasteiger partial charge in [0.2, 0.25) is 0 Å². The summed E-state index contributed by atoms with van der Waals surface area (Å²) in [5.74, 6) is -0.610. The number of aliphatic hydroxyl groups excluding tert-OH is 2. The van der Waals surface area contributed by atoms with Crippen molar-refractivity contribution in [2.24, 2.45) is 0 Å². The third kappa shape index (κ3) is 5.10. The van der Waals surface area contributed by atoms with Crippen LogP contribution < -0.4 is 10.2 Å². The monoisotopic (exact) mass is 398 g/mol. The molecule has 8 nitrogen and oxygen atoms in total. The molecule has 8 heteroatoms. The lowest BCUT2D eigenvalue weighted by atomic mass is 10.1. The van der Waals surface area contributed by atoms with Crippen LogP contribution in [-0.4, -0.2) is 76.8 Å². The first-order valence-corrected chi connectivity index (χ1v) is 9.62. The number of amides is 2. The lowest BCUT2D eigenvalue weighted by Crippen LogP contribution is -2.57. The fourth-order valence-electron chi connectivity index (χ4n) is 3.37. The highest BCUT2D eigenvalue weighted by Gasteiger charge is 2.28. The second-order valence-corrected chi connectivity index (χ2v) is 7.05. The van der Waals surface area contributed by atoms with E-state index in [1.807, 2.05) is 12.1 Å². The number of aliphatic hydroxyl groups is 2. The van der Waals surface area contributed by atoms with Crippen molar-refractivity contribution >= 4 is 17.5 Å². The summed E-state index contributed by atoms with van der Waals surface area (Å²) in [6, 6.07) is 10.7. The van der Waals surface area contributed by atoms with E-state index in [0.717, 1.165) is 16.8 Å². The molecule has 2 amide bonds. The zero-order valence-electron chi connectivity index (χ0n) is 16.4. The average molecular weight is 398 g/mol. The third-order valence-corrected chi connectivity index (χ3v) is 5.08. The summed E-state index contributed by atoms with van der Waals surface area (Å²) in [6.07, 6.45) is 2.46. The number of hydrogen-bond donors (Lipinski definition) is 3. The van der Waals surface area contributed by atoms with E-state index in [-0.39, 0.29) is 0 Å². The maximum absolute atomic E-state index is 12.4. The van der Waals surface area contributed by atoms with Crippen LogP contribution in [0.25, 0.3) is 11.1 Å². The molecule has 1 saturated heterocycles. The Bertz CT molecular complexity index is 818. The number of nitrogens with zero attached hydrogens (tertiary/aromatic N) is 3. The topological polar surface area (TPSA) is 106 Å². The average Bonchev–Trinajstić information content (AvgIpc) is 2.77. The maximum Gasteiger partial charge on any atom is 0.318 e. The first-order valence-electron chi connectivity index (χ1n) is 9.62. The van der Waals surface area contributed by atoms with E-state index in [9.17, 15) is 14.7 Å². The number of carbonyl (C=O) groups excluding carboxylic acids is 2. The highest BCUT2D eigenvalue weighted by molar-refractivity contribution is 5.89. The van der Waals surface area contributed by atoms with Crippen LogP contribution in [0.2, 0.25) is 0 Å². The van der Waals surface area contributed by atoms with Gasteiger partial charge in [0.05, 0.1) is 6.10 Å². The van der Waals surface area contributed by atoms with Gasteiger partial charge in [0.25, 0.3) is 0 Å². The molecule has 1 fully saturated rings. The van der Waals surface area contributed by atoms with Gasteiger partial charge in [-0.3, -0.25) is 9.78 Å². The molecule has 1 aromatic heterocycles. The van der Waals surface area contributed by atoms with Gasteiger partial charge in [-0.1, -0.05) is 12.1 Å². The Kier molecular flexibility index (Phi) is 6.79. The molecule has 3 N–H and O–H groups in total. The third-order valence-electron chi connectivity index (χ3n) is 5.08. The van der Waals surface area contributed by atoms with Crippen molar-refractivity contribution in [2.75, 3.05) is 37.7 Å². The van der Waals surface area contributed by atoms with Gasteiger partial charge in [-0.05, 0) is 42.3 Å². The number of anilines is 1. The number of benzene rings is 1. The van der Waals surface area contributed by atoms with Gasteiger partial charge >= 0.3 is 6.03 Å². The van der Waals surface area contributed by atoms with Crippen LogP contribution in [-0.2, 0) is 4.79 Å². The highest BCUT2D eigenvalue weighted by Crippen LogP contribution is 2.23. The van der Waals surface area contributed by atoms with E-state index in [1.54, 1.807) is 17.3 Å². The number of ketones is 1. The summed E-state index contributed by atoms with van der Waals surface area (Å²) in [5.41, 5.74) is 3.31. The molecular weight excluding hydrogens is 372 g/mol. The van der Waals surface area contributed by atoms with Crippen molar-refractivity contribution in [3.63, 3.8) is 0 Å². The number of nitrogens with one attached hydrogen (secondary N) is 1. The van der Waals surface area contributed by atoms with Crippen LogP contribution in [0.1, 0.15) is 6.92 Å². The van der Waals surface area contributed by atoms with Gasteiger partial charge in [-0.15, -0.1) is 0 Å². The predicted molar refractivity (Wildman–Crippen MR) is 110 cm³/mol. The molecule has 0 aliphatic carbocycles. The van der Waals surface area contributed by atoms with Crippen LogP contribution >= 0.6 is 0 Å². The van der Waals surface area contributed by atoms with Crippen molar-refractivity contribution in [3.8, 4) is 11.1 Å². The van der Waals surface area contributed by atoms with Crippen molar-refractivity contribution in [1.29, 1.82) is 0 Å². The highest BCUT2D eigenvalue weighted by atomic mass is 16.3. The number of carbonyl (C=O) groups is 2. The Morgan fingerprint density at radius 2 is 1.62 bits per heavy atom. The number of urea groups is 1. The lowest BCUT2D eigenvalue weighted by Gasteiger charge is -2.37. The van der Waals surface area contributed by atoms with Gasteiger partial charge in [0, 0.05) is 44.3 Å². The lowest BCUT2D eigenvalue weighted by molar-refractivity contribution is -0.125. The van der Waals surface area contributed by atoms with Crippen LogP contribution in [0.15, 0.2) is 48.8 Å². The molecule has 29 heavy (non-hydrogen) atoms. The van der Waals surface area contributed by atoms with Crippen molar-refractivity contribution in [1.82, 2.24) is 15.2 Å². The molecule has 154 valence electrons. The fraction of sp³-hybridized carbons (Fsp3) is 0.381. The predicted octanol–water partition coefficient (Wildman–Crippen LogP) is 0.891. The summed E-state index contributed by atoms with van der Waals surface area (Å²) in [5, 5.41) is 21.2. The summed E-state index contributed by atoms with van der Waals surface area (Å²) >= 11 is 0. The minimum absolute atomic E-state index is 0.412. The van der Waals surface area contributed by atoms with Crippen molar-refractivity contribution in [3.05, 3.63) is 48.8 Å². The second kappa shape index (κ2) is 9.49. The summed E-state index contributed by atoms with van der Waals surface area (Å²) in [6.45, 7) is 3.01. The van der Waals surface area contributed by atoms with Gasteiger partial charge < -0.3 is 25.3 Å². The Hall–Kier alpha value is -2.97. The summed E-state index contributed by atoms with van der Waals surface area (Å²) in [4.78, 5) is 32.0. The van der Waals surface area contributed by atoms with Crippen molar-refractivity contribution in [2.45, 2.75) is 19.1 Å². The number of rotatable bonds is 6. The van der Waals surface area contributed by atoms with E-state index >= 15 is 0 Å². The maximum atomic E-state index is 12.4. The Morgan fingerprint density at radius 3 is 2.17 bits per heavy atom. The van der Waals surface area contributed by atoms with Gasteiger partial charge in [0.15, 0.2) is 5.78 Å². The van der Waals surface area contributed by atoms with Gasteiger partial charge in [-0.25, -0.2) is 4.79 Å². The fourth-order valence-corrected chi connectivity index (χ4v) is 3.37. The van der Waals surface area contributed by atoms with Crippen LogP contribution in [0, 0.1) is 0 Å². The van der Waals surface area contributed by atoms with E-state index in [4.69, 9.17) is 5.11 Å². The standard InChI is InChI=1S/C21H26N4O4/c1-15(27)20(19(28)14-26)23-21(29)25-12-10-24(11-13-25)18-4-2-16(3-5-18)17-6-8-22-9-7-17/h2-9,15,20,26-27H,10-14H2,1H3,(H,23,29)/t15-,20+/m0/s1. The molecule has 2 heterocycles. The quantitative estimate of drug-likeness (QED) is 0.667. The van der Waals surface area contributed by atoms with Gasteiger partial charge in [0.1, 0.15) is 12.6 Å². The van der Waals surface area contributed by atoms with Gasteiger partial charge in [-0.2, -0.15) is 0 Å². The minimum atomic E-state index is -1.11. The van der Waals surface area contributed by atoms with E-state index in [1.165, 1.54) is 6.92 Å². The number of hydrogen-bond acceptors (Lipinski definition) is 6. The molecule has 0 spiro atoms. The van der Waals surface area contributed by atoms with E-state index < -0.39 is 30.6 Å². The zero-order valence-corrected chi connectivity index (χ0v) is 16.4. The Labute approximate surface area is 169 Å². The van der Waals surface area contributed by atoms with E-state index in [0.29, 0.717) is 26.2 Å². The number of aromatic nitrogens is 1.